The van der Waals surface area contributed by atoms with E-state index in [4.69, 9.17) is 0 Å². The van der Waals surface area contributed by atoms with E-state index < -0.39 is 15.9 Å². The smallest absolute Gasteiger partial charge is 0.213 e. The Labute approximate surface area is 179 Å². The molecule has 0 N–H and O–H groups in total. The molecule has 3 aliphatic rings. The Morgan fingerprint density at radius 3 is 2.03 bits per heavy atom. The minimum absolute atomic E-state index is 0.0129. The standard InChI is InChI=1S/C24H29NO4S/c1-5-7-18-8-16(3)21(17(4)9-18)22-19(26)10-23(11-20(22)27)12-24(13-23)14-25(15-24)30(28,29)6-2/h8-9,22H,6,10-15H2,1-4H3. The van der Waals surface area contributed by atoms with Crippen LogP contribution < -0.4 is 0 Å². The first-order valence-corrected chi connectivity index (χ1v) is 12.2. The highest BCUT2D eigenvalue weighted by Crippen LogP contribution is 2.64. The van der Waals surface area contributed by atoms with Gasteiger partial charge in [-0.2, -0.15) is 0 Å². The van der Waals surface area contributed by atoms with Crippen LogP contribution in [0.3, 0.4) is 0 Å². The summed E-state index contributed by atoms with van der Waals surface area (Å²) in [6.07, 6.45) is 2.40. The summed E-state index contributed by atoms with van der Waals surface area (Å²) in [4.78, 5) is 26.3. The van der Waals surface area contributed by atoms with Gasteiger partial charge in [-0.1, -0.05) is 5.92 Å². The molecule has 0 bridgehead atoms. The summed E-state index contributed by atoms with van der Waals surface area (Å²) in [7, 11) is -3.14. The number of hydrogen-bond acceptors (Lipinski definition) is 4. The van der Waals surface area contributed by atoms with Crippen LogP contribution in [0.2, 0.25) is 0 Å². The summed E-state index contributed by atoms with van der Waals surface area (Å²) in [5, 5.41) is 0. The molecule has 5 nitrogen and oxygen atoms in total. The van der Waals surface area contributed by atoms with Crippen LogP contribution >= 0.6 is 0 Å². The van der Waals surface area contributed by atoms with Crippen molar-refractivity contribution in [3.05, 3.63) is 34.4 Å². The second-order valence-corrected chi connectivity index (χ2v) is 11.9. The molecule has 4 rings (SSSR count). The van der Waals surface area contributed by atoms with Gasteiger partial charge in [0, 0.05) is 31.5 Å². The summed E-state index contributed by atoms with van der Waals surface area (Å²) < 4.78 is 25.6. The number of benzene rings is 1. The van der Waals surface area contributed by atoms with E-state index in [1.54, 1.807) is 18.2 Å². The third-order valence-electron chi connectivity index (χ3n) is 7.18. The molecule has 3 fully saturated rings. The maximum absolute atomic E-state index is 13.2. The molecule has 1 heterocycles. The van der Waals surface area contributed by atoms with Crippen LogP contribution in [0.5, 0.6) is 0 Å². The first-order chi connectivity index (χ1) is 14.0. The summed E-state index contributed by atoms with van der Waals surface area (Å²) >= 11 is 0. The van der Waals surface area contributed by atoms with Crippen LogP contribution in [0.15, 0.2) is 12.1 Å². The summed E-state index contributed by atoms with van der Waals surface area (Å²) in [5.74, 6) is 5.41. The topological polar surface area (TPSA) is 71.5 Å². The minimum Gasteiger partial charge on any atom is -0.299 e. The summed E-state index contributed by atoms with van der Waals surface area (Å²) in [6.45, 7) is 8.42. The molecule has 6 heteroatoms. The second-order valence-electron chi connectivity index (χ2n) is 9.64. The predicted octanol–water partition coefficient (Wildman–Crippen LogP) is 3.12. The molecule has 2 spiro atoms. The van der Waals surface area contributed by atoms with Crippen molar-refractivity contribution in [3.63, 3.8) is 0 Å². The predicted molar refractivity (Wildman–Crippen MR) is 116 cm³/mol. The van der Waals surface area contributed by atoms with Crippen molar-refractivity contribution in [2.45, 2.75) is 59.3 Å². The van der Waals surface area contributed by atoms with Gasteiger partial charge in [-0.25, -0.2) is 12.7 Å². The van der Waals surface area contributed by atoms with Crippen molar-refractivity contribution in [1.82, 2.24) is 4.31 Å². The zero-order valence-corrected chi connectivity index (χ0v) is 19.0. The SMILES string of the molecule is CC#Cc1cc(C)c(C2C(=O)CC3(CC2=O)CC2(CN(S(=O)(=O)CC)C2)C3)c(C)c1. The van der Waals surface area contributed by atoms with Crippen LogP contribution in [0.1, 0.15) is 67.7 Å². The van der Waals surface area contributed by atoms with Crippen molar-refractivity contribution in [2.75, 3.05) is 18.8 Å². The third-order valence-corrected chi connectivity index (χ3v) is 8.95. The van der Waals surface area contributed by atoms with Crippen molar-refractivity contribution in [2.24, 2.45) is 10.8 Å². The zero-order valence-electron chi connectivity index (χ0n) is 18.2. The van der Waals surface area contributed by atoms with E-state index >= 15 is 0 Å². The Kier molecular flexibility index (Phi) is 4.99. The Morgan fingerprint density at radius 2 is 1.57 bits per heavy atom. The molecule has 0 atom stereocenters. The lowest BCUT2D eigenvalue weighted by atomic mass is 9.45. The van der Waals surface area contributed by atoms with Crippen molar-refractivity contribution >= 4 is 21.6 Å². The van der Waals surface area contributed by atoms with Gasteiger partial charge in [-0.05, 0) is 80.2 Å². The Balaban J connectivity index is 1.49. The molecular formula is C24H29NO4S. The van der Waals surface area contributed by atoms with Gasteiger partial charge in [0.1, 0.15) is 17.5 Å². The fraction of sp³-hybridized carbons (Fsp3) is 0.583. The van der Waals surface area contributed by atoms with Crippen LogP contribution in [-0.4, -0.2) is 43.1 Å². The van der Waals surface area contributed by atoms with Gasteiger partial charge in [0.15, 0.2) is 0 Å². The van der Waals surface area contributed by atoms with Crippen molar-refractivity contribution in [3.8, 4) is 11.8 Å². The molecule has 1 saturated heterocycles. The van der Waals surface area contributed by atoms with Crippen molar-refractivity contribution in [1.29, 1.82) is 0 Å². The molecule has 0 unspecified atom stereocenters. The van der Waals surface area contributed by atoms with E-state index in [-0.39, 0.29) is 28.1 Å². The monoisotopic (exact) mass is 427 g/mol. The lowest BCUT2D eigenvalue weighted by molar-refractivity contribution is -0.158. The molecule has 0 radical (unpaired) electrons. The maximum Gasteiger partial charge on any atom is 0.213 e. The minimum atomic E-state index is -3.14. The zero-order chi connectivity index (χ0) is 21.9. The first-order valence-electron chi connectivity index (χ1n) is 10.6. The van der Waals surface area contributed by atoms with Crippen LogP contribution in [0, 0.1) is 36.5 Å². The highest BCUT2D eigenvalue weighted by Gasteiger charge is 2.64. The molecule has 1 aromatic rings. The van der Waals surface area contributed by atoms with Gasteiger partial charge in [0.2, 0.25) is 10.0 Å². The van der Waals surface area contributed by atoms with E-state index in [2.05, 4.69) is 11.8 Å². The quantitative estimate of drug-likeness (QED) is 0.549. The first kappa shape index (κ1) is 21.3. The summed E-state index contributed by atoms with van der Waals surface area (Å²) in [5.41, 5.74) is 3.35. The van der Waals surface area contributed by atoms with Gasteiger partial charge in [0.05, 0.1) is 5.75 Å². The number of hydrogen-bond donors (Lipinski definition) is 0. The highest BCUT2D eigenvalue weighted by atomic mass is 32.2. The van der Waals surface area contributed by atoms with E-state index in [1.165, 1.54) is 0 Å². The largest absolute Gasteiger partial charge is 0.299 e. The summed E-state index contributed by atoms with van der Waals surface area (Å²) in [6, 6.07) is 3.92. The van der Waals surface area contributed by atoms with Gasteiger partial charge in [-0.15, -0.1) is 5.92 Å². The number of carbonyl (C=O) groups is 2. The van der Waals surface area contributed by atoms with E-state index in [1.807, 2.05) is 26.0 Å². The average Bonchev–Trinajstić information content (AvgIpc) is 2.59. The van der Waals surface area contributed by atoms with Crippen LogP contribution in [-0.2, 0) is 19.6 Å². The number of sulfonamides is 1. The van der Waals surface area contributed by atoms with Gasteiger partial charge in [-0.3, -0.25) is 9.59 Å². The number of nitrogens with zero attached hydrogens (tertiary/aromatic N) is 1. The number of Topliss-reactive ketones (excluding diaryl/α,β-unsaturated/α-hetero) is 2. The van der Waals surface area contributed by atoms with Crippen LogP contribution in [0.25, 0.3) is 0 Å². The Hall–Kier alpha value is -1.97. The highest BCUT2D eigenvalue weighted by molar-refractivity contribution is 7.89. The van der Waals surface area contributed by atoms with Crippen LogP contribution in [0.4, 0.5) is 0 Å². The van der Waals surface area contributed by atoms with E-state index in [0.717, 1.165) is 35.1 Å². The molecule has 160 valence electrons. The van der Waals surface area contributed by atoms with E-state index in [0.29, 0.717) is 25.9 Å². The van der Waals surface area contributed by atoms with Crippen molar-refractivity contribution < 1.29 is 18.0 Å². The molecule has 2 aliphatic carbocycles. The molecule has 0 aromatic heterocycles. The normalized spacial score (nSPS) is 23.1. The third kappa shape index (κ3) is 3.33. The number of ketones is 2. The van der Waals surface area contributed by atoms with Gasteiger partial charge >= 0.3 is 0 Å². The number of carbonyl (C=O) groups excluding carboxylic acids is 2. The Bertz CT molecular complexity index is 1050. The molecular weight excluding hydrogens is 398 g/mol. The average molecular weight is 428 g/mol. The van der Waals surface area contributed by atoms with Gasteiger partial charge in [0.25, 0.3) is 0 Å². The molecule has 0 amide bonds. The lowest BCUT2D eigenvalue weighted by Gasteiger charge is -2.64. The molecule has 2 saturated carbocycles. The fourth-order valence-electron chi connectivity index (χ4n) is 6.25. The maximum atomic E-state index is 13.2. The molecule has 30 heavy (non-hydrogen) atoms. The second kappa shape index (κ2) is 7.03. The molecule has 1 aliphatic heterocycles. The number of aryl methyl sites for hydroxylation is 2. The number of rotatable bonds is 3. The Morgan fingerprint density at radius 1 is 1.03 bits per heavy atom. The molecule has 1 aromatic carbocycles. The van der Waals surface area contributed by atoms with E-state index in [9.17, 15) is 18.0 Å². The van der Waals surface area contributed by atoms with Gasteiger partial charge < -0.3 is 0 Å². The fourth-order valence-corrected chi connectivity index (χ4v) is 7.55. The lowest BCUT2D eigenvalue weighted by Crippen LogP contribution is -2.68.